The summed E-state index contributed by atoms with van der Waals surface area (Å²) < 4.78 is 11.3. The van der Waals surface area contributed by atoms with Crippen molar-refractivity contribution in [3.8, 4) is 6.07 Å². The summed E-state index contributed by atoms with van der Waals surface area (Å²) in [5, 5.41) is 8.39. The van der Waals surface area contributed by atoms with Crippen molar-refractivity contribution in [2.45, 2.75) is 25.3 Å². The number of nitrogens with zero attached hydrogens (tertiary/aromatic N) is 2. The molecule has 1 heterocycles. The molecule has 0 amide bonds. The molecule has 0 aromatic rings. The van der Waals surface area contributed by atoms with Gasteiger partial charge in [0.05, 0.1) is 26.2 Å². The lowest BCUT2D eigenvalue weighted by Gasteiger charge is -2.29. The SMILES string of the molecule is COC(=O)[C@@H]1CCCN1P(O)(=S)OCCC#N. The summed E-state index contributed by atoms with van der Waals surface area (Å²) in [7, 11) is 1.30. The van der Waals surface area contributed by atoms with Gasteiger partial charge >= 0.3 is 5.97 Å². The van der Waals surface area contributed by atoms with Crippen LogP contribution in [0.25, 0.3) is 0 Å². The highest BCUT2D eigenvalue weighted by Gasteiger charge is 2.40. The molecule has 17 heavy (non-hydrogen) atoms. The first-order valence-corrected chi connectivity index (χ1v) is 7.84. The summed E-state index contributed by atoms with van der Waals surface area (Å²) in [6.07, 6.45) is 1.53. The molecule has 1 fully saturated rings. The van der Waals surface area contributed by atoms with E-state index in [9.17, 15) is 9.69 Å². The highest BCUT2D eigenvalue weighted by Crippen LogP contribution is 2.51. The van der Waals surface area contributed by atoms with Gasteiger partial charge in [0.1, 0.15) is 6.04 Å². The van der Waals surface area contributed by atoms with Crippen LogP contribution in [0.2, 0.25) is 0 Å². The number of carbonyl (C=O) groups excluding carboxylic acids is 1. The zero-order valence-corrected chi connectivity index (χ0v) is 11.2. The number of carbonyl (C=O) groups is 1. The Morgan fingerprint density at radius 3 is 3.06 bits per heavy atom. The maximum Gasteiger partial charge on any atom is 0.323 e. The molecule has 1 saturated heterocycles. The predicted octanol–water partition coefficient (Wildman–Crippen LogP) is 0.771. The normalized spacial score (nSPS) is 23.9. The van der Waals surface area contributed by atoms with Crippen LogP contribution in [0.15, 0.2) is 0 Å². The Hall–Kier alpha value is -0.510. The number of hydrogen-bond acceptors (Lipinski definition) is 5. The van der Waals surface area contributed by atoms with Crippen molar-refractivity contribution in [3.63, 3.8) is 0 Å². The van der Waals surface area contributed by atoms with E-state index in [1.54, 1.807) is 0 Å². The Morgan fingerprint density at radius 1 is 1.76 bits per heavy atom. The first-order chi connectivity index (χ1) is 8.03. The van der Waals surface area contributed by atoms with Crippen LogP contribution in [-0.4, -0.2) is 41.8 Å². The third-order valence-corrected chi connectivity index (χ3v) is 5.09. The van der Waals surface area contributed by atoms with Crippen LogP contribution >= 0.6 is 6.64 Å². The largest absolute Gasteiger partial charge is 0.468 e. The highest BCUT2D eigenvalue weighted by molar-refractivity contribution is 8.08. The predicted molar refractivity (Wildman–Crippen MR) is 64.4 cm³/mol. The topological polar surface area (TPSA) is 82.8 Å². The fourth-order valence-corrected chi connectivity index (χ4v) is 3.96. The van der Waals surface area contributed by atoms with Gasteiger partial charge in [-0.3, -0.25) is 4.79 Å². The molecule has 0 radical (unpaired) electrons. The number of ether oxygens (including phenoxy) is 1. The minimum Gasteiger partial charge on any atom is -0.468 e. The first kappa shape index (κ1) is 14.6. The molecule has 1 N–H and O–H groups in total. The monoisotopic (exact) mass is 278 g/mol. The molecule has 1 aliphatic rings. The molecule has 2 atom stereocenters. The van der Waals surface area contributed by atoms with E-state index in [1.165, 1.54) is 11.8 Å². The molecule has 1 unspecified atom stereocenters. The van der Waals surface area contributed by atoms with Crippen molar-refractivity contribution < 1.29 is 18.9 Å². The zero-order chi connectivity index (χ0) is 12.9. The lowest BCUT2D eigenvalue weighted by atomic mass is 10.2. The fraction of sp³-hybridized carbons (Fsp3) is 0.778. The maximum atomic E-state index is 11.5. The minimum atomic E-state index is -3.18. The van der Waals surface area contributed by atoms with E-state index in [0.717, 1.165) is 6.42 Å². The number of rotatable bonds is 5. The Labute approximate surface area is 105 Å². The summed E-state index contributed by atoms with van der Waals surface area (Å²) in [6, 6.07) is 1.37. The Morgan fingerprint density at radius 2 is 2.47 bits per heavy atom. The Bertz CT molecular complexity index is 370. The quantitative estimate of drug-likeness (QED) is 0.452. The van der Waals surface area contributed by atoms with Gasteiger partial charge in [0, 0.05) is 6.54 Å². The molecular formula is C9H15N2O4PS. The van der Waals surface area contributed by atoms with E-state index in [4.69, 9.17) is 21.6 Å². The molecule has 0 spiro atoms. The smallest absolute Gasteiger partial charge is 0.323 e. The summed E-state index contributed by atoms with van der Waals surface area (Å²) in [4.78, 5) is 21.6. The molecule has 1 rings (SSSR count). The molecular weight excluding hydrogens is 263 g/mol. The third-order valence-electron chi connectivity index (χ3n) is 2.50. The average molecular weight is 278 g/mol. The van der Waals surface area contributed by atoms with E-state index in [2.05, 4.69) is 4.74 Å². The number of hydrogen-bond donors (Lipinski definition) is 1. The number of methoxy groups -OCH3 is 1. The highest BCUT2D eigenvalue weighted by atomic mass is 32.5. The molecule has 96 valence electrons. The van der Waals surface area contributed by atoms with Gasteiger partial charge in [-0.1, -0.05) is 0 Å². The van der Waals surface area contributed by atoms with Gasteiger partial charge < -0.3 is 14.2 Å². The van der Waals surface area contributed by atoms with Gasteiger partial charge in [-0.15, -0.1) is 0 Å². The van der Waals surface area contributed by atoms with E-state index >= 15 is 0 Å². The van der Waals surface area contributed by atoms with Crippen LogP contribution in [0.4, 0.5) is 0 Å². The lowest BCUT2D eigenvalue weighted by molar-refractivity contribution is -0.144. The van der Waals surface area contributed by atoms with E-state index in [0.29, 0.717) is 13.0 Å². The summed E-state index contributed by atoms with van der Waals surface area (Å²) in [6.45, 7) is -2.59. The van der Waals surface area contributed by atoms with Gasteiger partial charge in [-0.2, -0.15) is 5.26 Å². The van der Waals surface area contributed by atoms with Crippen LogP contribution in [0, 0.1) is 11.3 Å². The van der Waals surface area contributed by atoms with Gasteiger partial charge in [-0.25, -0.2) is 4.67 Å². The second-order valence-electron chi connectivity index (χ2n) is 3.58. The van der Waals surface area contributed by atoms with Crippen molar-refractivity contribution in [2.75, 3.05) is 20.3 Å². The van der Waals surface area contributed by atoms with Gasteiger partial charge in [-0.05, 0) is 24.6 Å². The average Bonchev–Trinajstić information content (AvgIpc) is 2.78. The number of nitriles is 1. The maximum absolute atomic E-state index is 11.5. The molecule has 0 aliphatic carbocycles. The molecule has 1 aliphatic heterocycles. The summed E-state index contributed by atoms with van der Waals surface area (Å²) in [5.41, 5.74) is 0. The molecule has 6 nitrogen and oxygen atoms in total. The zero-order valence-electron chi connectivity index (χ0n) is 9.53. The van der Waals surface area contributed by atoms with Crippen molar-refractivity contribution in [3.05, 3.63) is 0 Å². The van der Waals surface area contributed by atoms with Crippen LogP contribution in [0.1, 0.15) is 19.3 Å². The molecule has 0 bridgehead atoms. The first-order valence-electron chi connectivity index (χ1n) is 5.22. The van der Waals surface area contributed by atoms with Crippen LogP contribution < -0.4 is 0 Å². The van der Waals surface area contributed by atoms with Crippen LogP contribution in [-0.2, 0) is 25.9 Å². The summed E-state index contributed by atoms with van der Waals surface area (Å²) >= 11 is 5.01. The standard InChI is InChI=1S/C9H15N2O4PS/c1-14-9(12)8-4-2-6-11(8)16(13,17)15-7-3-5-10/h8H,2-4,6-7H2,1H3,(H,13,17)/t8-,16?/m0/s1. The number of esters is 1. The van der Waals surface area contributed by atoms with Gasteiger partial charge in [0.2, 0.25) is 0 Å². The fourth-order valence-electron chi connectivity index (χ4n) is 1.71. The van der Waals surface area contributed by atoms with Crippen molar-refractivity contribution in [1.29, 1.82) is 5.26 Å². The van der Waals surface area contributed by atoms with Crippen molar-refractivity contribution in [2.24, 2.45) is 0 Å². The van der Waals surface area contributed by atoms with Crippen molar-refractivity contribution in [1.82, 2.24) is 4.67 Å². The Kier molecular flexibility index (Phi) is 5.50. The van der Waals surface area contributed by atoms with Gasteiger partial charge in [0.15, 0.2) is 0 Å². The molecule has 0 aromatic carbocycles. The second-order valence-corrected chi connectivity index (χ2v) is 6.76. The van der Waals surface area contributed by atoms with Crippen LogP contribution in [0.5, 0.6) is 0 Å². The second kappa shape index (κ2) is 6.43. The lowest BCUT2D eigenvalue weighted by Crippen LogP contribution is -2.35. The molecule has 0 saturated carbocycles. The Balaban J connectivity index is 2.66. The third kappa shape index (κ3) is 3.73. The van der Waals surface area contributed by atoms with Gasteiger partial charge in [0.25, 0.3) is 6.64 Å². The minimum absolute atomic E-state index is 0.0780. The van der Waals surface area contributed by atoms with E-state index in [1.807, 2.05) is 6.07 Å². The van der Waals surface area contributed by atoms with Crippen LogP contribution in [0.3, 0.4) is 0 Å². The molecule has 8 heteroatoms. The van der Waals surface area contributed by atoms with E-state index in [-0.39, 0.29) is 13.0 Å². The van der Waals surface area contributed by atoms with E-state index < -0.39 is 18.7 Å². The summed E-state index contributed by atoms with van der Waals surface area (Å²) in [5.74, 6) is -0.408. The van der Waals surface area contributed by atoms with Crippen molar-refractivity contribution >= 4 is 24.4 Å². The molecule has 0 aromatic heterocycles.